The van der Waals surface area contributed by atoms with Gasteiger partial charge in [-0.2, -0.15) is 0 Å². The average molecular weight is 425 g/mol. The molecule has 28 heavy (non-hydrogen) atoms. The molecule has 0 aromatic heterocycles. The van der Waals surface area contributed by atoms with Crippen LogP contribution >= 0.6 is 11.6 Å². The van der Waals surface area contributed by atoms with Crippen molar-refractivity contribution < 1.29 is 17.9 Å². The predicted octanol–water partition coefficient (Wildman–Crippen LogP) is 3.52. The number of sulfonamides is 1. The molecule has 2 aromatic carbocycles. The lowest BCUT2D eigenvalue weighted by Crippen LogP contribution is -2.47. The fraction of sp³-hybridized carbons (Fsp3) is 0.350. The second-order valence-electron chi connectivity index (χ2n) is 6.47. The number of carbonyl (C=O) groups excluding carboxylic acids is 1. The van der Waals surface area contributed by atoms with Crippen LogP contribution in [-0.4, -0.2) is 33.2 Å². The Hall–Kier alpha value is -2.25. The van der Waals surface area contributed by atoms with Crippen LogP contribution in [0.2, 0.25) is 5.02 Å². The number of ether oxygens (including phenoxy) is 1. The number of benzene rings is 2. The average Bonchev–Trinajstić information content (AvgIpc) is 2.62. The highest BCUT2D eigenvalue weighted by molar-refractivity contribution is 7.92. The van der Waals surface area contributed by atoms with Crippen molar-refractivity contribution in [3.8, 4) is 5.75 Å². The second-order valence-corrected chi connectivity index (χ2v) is 8.73. The van der Waals surface area contributed by atoms with Gasteiger partial charge in [0.15, 0.2) is 0 Å². The zero-order valence-electron chi connectivity index (χ0n) is 16.4. The molecule has 8 heteroatoms. The Kier molecular flexibility index (Phi) is 7.32. The number of hydrogen-bond donors (Lipinski definition) is 1. The molecule has 0 aliphatic carbocycles. The highest BCUT2D eigenvalue weighted by Gasteiger charge is 2.29. The van der Waals surface area contributed by atoms with Gasteiger partial charge in [-0.1, -0.05) is 29.8 Å². The fourth-order valence-corrected chi connectivity index (χ4v) is 4.12. The van der Waals surface area contributed by atoms with Gasteiger partial charge in [0, 0.05) is 11.6 Å². The van der Waals surface area contributed by atoms with Gasteiger partial charge in [-0.3, -0.25) is 9.10 Å². The Bertz CT molecular complexity index is 947. The first-order valence-corrected chi connectivity index (χ1v) is 11.1. The molecule has 1 amide bonds. The topological polar surface area (TPSA) is 75.7 Å². The number of nitrogens with zero attached hydrogens (tertiary/aromatic N) is 1. The third kappa shape index (κ3) is 5.62. The molecule has 0 radical (unpaired) electrons. The van der Waals surface area contributed by atoms with Gasteiger partial charge in [-0.25, -0.2) is 8.42 Å². The van der Waals surface area contributed by atoms with Crippen molar-refractivity contribution in [3.05, 3.63) is 58.6 Å². The van der Waals surface area contributed by atoms with E-state index in [0.29, 0.717) is 23.1 Å². The molecule has 1 N–H and O–H groups in total. The molecule has 0 aliphatic heterocycles. The van der Waals surface area contributed by atoms with Crippen LogP contribution in [0.15, 0.2) is 42.5 Å². The number of aryl methyl sites for hydroxylation is 1. The van der Waals surface area contributed by atoms with E-state index in [1.165, 1.54) is 0 Å². The van der Waals surface area contributed by atoms with Gasteiger partial charge in [-0.15, -0.1) is 0 Å². The molecule has 0 saturated carbocycles. The Morgan fingerprint density at radius 2 is 1.96 bits per heavy atom. The van der Waals surface area contributed by atoms with Crippen LogP contribution in [0.25, 0.3) is 0 Å². The Morgan fingerprint density at radius 3 is 2.57 bits per heavy atom. The molecule has 0 bridgehead atoms. The summed E-state index contributed by atoms with van der Waals surface area (Å²) in [4.78, 5) is 12.7. The minimum atomic E-state index is -3.69. The molecular formula is C20H25ClN2O4S. The van der Waals surface area contributed by atoms with Gasteiger partial charge in [0.2, 0.25) is 15.9 Å². The quantitative estimate of drug-likeness (QED) is 0.703. The van der Waals surface area contributed by atoms with E-state index in [-0.39, 0.29) is 6.54 Å². The first kappa shape index (κ1) is 22.0. The number of anilines is 1. The van der Waals surface area contributed by atoms with Crippen LogP contribution in [0.4, 0.5) is 5.69 Å². The molecule has 2 rings (SSSR count). The largest absolute Gasteiger partial charge is 0.494 e. The number of nitrogens with one attached hydrogen (secondary N) is 1. The summed E-state index contributed by atoms with van der Waals surface area (Å²) in [6.45, 7) is 6.07. The predicted molar refractivity (Wildman–Crippen MR) is 112 cm³/mol. The minimum Gasteiger partial charge on any atom is -0.494 e. The van der Waals surface area contributed by atoms with Gasteiger partial charge in [0.05, 0.1) is 18.6 Å². The molecule has 0 spiro atoms. The van der Waals surface area contributed by atoms with Gasteiger partial charge < -0.3 is 10.1 Å². The molecule has 0 aliphatic rings. The summed E-state index contributed by atoms with van der Waals surface area (Å²) >= 11 is 6.14. The van der Waals surface area contributed by atoms with Crippen LogP contribution in [0.3, 0.4) is 0 Å². The van der Waals surface area contributed by atoms with Crippen LogP contribution in [0.5, 0.6) is 5.75 Å². The van der Waals surface area contributed by atoms with Crippen molar-refractivity contribution in [2.45, 2.75) is 33.4 Å². The lowest BCUT2D eigenvalue weighted by molar-refractivity contribution is -0.122. The number of carbonyl (C=O) groups is 1. The molecular weight excluding hydrogens is 400 g/mol. The third-order valence-electron chi connectivity index (χ3n) is 4.17. The summed E-state index contributed by atoms with van der Waals surface area (Å²) in [6, 6.07) is 11.3. The summed E-state index contributed by atoms with van der Waals surface area (Å²) < 4.78 is 31.2. The van der Waals surface area contributed by atoms with Crippen LogP contribution in [0.1, 0.15) is 25.0 Å². The summed E-state index contributed by atoms with van der Waals surface area (Å²) in [6.07, 6.45) is 1.07. The van der Waals surface area contributed by atoms with Gasteiger partial charge >= 0.3 is 0 Å². The van der Waals surface area contributed by atoms with Crippen molar-refractivity contribution in [1.82, 2.24) is 5.32 Å². The van der Waals surface area contributed by atoms with Gasteiger partial charge in [0.1, 0.15) is 11.8 Å². The minimum absolute atomic E-state index is 0.260. The molecule has 0 fully saturated rings. The monoisotopic (exact) mass is 424 g/mol. The second kappa shape index (κ2) is 9.30. The Morgan fingerprint density at radius 1 is 1.25 bits per heavy atom. The van der Waals surface area contributed by atoms with E-state index in [1.807, 2.05) is 38.1 Å². The van der Waals surface area contributed by atoms with E-state index in [4.69, 9.17) is 16.3 Å². The molecule has 0 unspecified atom stereocenters. The maximum absolute atomic E-state index is 12.7. The Balaban J connectivity index is 2.17. The highest BCUT2D eigenvalue weighted by Crippen LogP contribution is 2.26. The van der Waals surface area contributed by atoms with Crippen molar-refractivity contribution in [3.63, 3.8) is 0 Å². The molecule has 6 nitrogen and oxygen atoms in total. The number of amides is 1. The van der Waals surface area contributed by atoms with E-state index >= 15 is 0 Å². The van der Waals surface area contributed by atoms with Crippen molar-refractivity contribution >= 4 is 33.2 Å². The maximum atomic E-state index is 12.7. The SMILES string of the molecule is CCOc1cccc(CNC(=O)[C@H](C)N(c2ccc(C)c(Cl)c2)S(C)(=O)=O)c1. The molecule has 0 saturated heterocycles. The lowest BCUT2D eigenvalue weighted by atomic mass is 10.2. The van der Waals surface area contributed by atoms with E-state index in [9.17, 15) is 13.2 Å². The third-order valence-corrected chi connectivity index (χ3v) is 5.82. The highest BCUT2D eigenvalue weighted by atomic mass is 35.5. The molecule has 2 aromatic rings. The zero-order chi connectivity index (χ0) is 20.9. The summed E-state index contributed by atoms with van der Waals surface area (Å²) in [7, 11) is -3.69. The van der Waals surface area contributed by atoms with Crippen LogP contribution < -0.4 is 14.4 Å². The number of hydrogen-bond acceptors (Lipinski definition) is 4. The summed E-state index contributed by atoms with van der Waals surface area (Å²) in [5.41, 5.74) is 2.03. The first-order chi connectivity index (χ1) is 13.1. The van der Waals surface area contributed by atoms with E-state index in [0.717, 1.165) is 21.7 Å². The number of halogens is 1. The van der Waals surface area contributed by atoms with Gasteiger partial charge in [0.25, 0.3) is 0 Å². The molecule has 0 heterocycles. The normalized spacial score (nSPS) is 12.3. The van der Waals surface area contributed by atoms with E-state index < -0.39 is 22.0 Å². The zero-order valence-corrected chi connectivity index (χ0v) is 18.0. The summed E-state index contributed by atoms with van der Waals surface area (Å²) in [5, 5.41) is 3.22. The smallest absolute Gasteiger partial charge is 0.243 e. The van der Waals surface area contributed by atoms with E-state index in [1.54, 1.807) is 25.1 Å². The van der Waals surface area contributed by atoms with Crippen LogP contribution in [0, 0.1) is 6.92 Å². The molecule has 1 atom stereocenters. The van der Waals surface area contributed by atoms with Crippen molar-refractivity contribution in [2.75, 3.05) is 17.2 Å². The summed E-state index contributed by atoms with van der Waals surface area (Å²) in [5.74, 6) is 0.304. The van der Waals surface area contributed by atoms with E-state index in [2.05, 4.69) is 5.32 Å². The fourth-order valence-electron chi connectivity index (χ4n) is 2.78. The standard InChI is InChI=1S/C20H25ClN2O4S/c1-5-27-18-8-6-7-16(11-18)13-22-20(24)15(3)23(28(4,25)26)17-10-9-14(2)19(21)12-17/h6-12,15H,5,13H2,1-4H3,(H,22,24)/t15-/m0/s1. The first-order valence-electron chi connectivity index (χ1n) is 8.88. The van der Waals surface area contributed by atoms with Crippen molar-refractivity contribution in [1.29, 1.82) is 0 Å². The number of rotatable bonds is 8. The van der Waals surface area contributed by atoms with Gasteiger partial charge in [-0.05, 0) is 56.2 Å². The van der Waals surface area contributed by atoms with Crippen LogP contribution in [-0.2, 0) is 21.4 Å². The Labute approximate surface area is 171 Å². The molecule has 152 valence electrons. The maximum Gasteiger partial charge on any atom is 0.243 e. The lowest BCUT2D eigenvalue weighted by Gasteiger charge is -2.28. The van der Waals surface area contributed by atoms with Crippen molar-refractivity contribution in [2.24, 2.45) is 0 Å².